The maximum Gasteiger partial charge on any atom is 0.194 e. The average molecular weight is 418 g/mol. The highest BCUT2D eigenvalue weighted by atomic mass is 19.2. The second-order valence-electron chi connectivity index (χ2n) is 7.43. The molecule has 0 saturated heterocycles. The highest BCUT2D eigenvalue weighted by Gasteiger charge is 2.14. The molecule has 0 aliphatic rings. The summed E-state index contributed by atoms with van der Waals surface area (Å²) in [4.78, 5) is 0. The number of benzene rings is 3. The van der Waals surface area contributed by atoms with Crippen LogP contribution in [0.5, 0.6) is 0 Å². The molecule has 0 fully saturated rings. The molecule has 30 heavy (non-hydrogen) atoms. The molecule has 0 atom stereocenters. The predicted octanol–water partition coefficient (Wildman–Crippen LogP) is 7.57. The molecule has 0 saturated carbocycles. The van der Waals surface area contributed by atoms with Gasteiger partial charge in [-0.05, 0) is 66.5 Å². The van der Waals surface area contributed by atoms with Crippen molar-refractivity contribution < 1.29 is 22.0 Å². The highest BCUT2D eigenvalue weighted by Crippen LogP contribution is 2.27. The van der Waals surface area contributed by atoms with Crippen molar-refractivity contribution in [3.63, 3.8) is 0 Å². The van der Waals surface area contributed by atoms with Crippen LogP contribution in [0.25, 0.3) is 11.1 Å². The van der Waals surface area contributed by atoms with Gasteiger partial charge in [-0.2, -0.15) is 0 Å². The van der Waals surface area contributed by atoms with Crippen LogP contribution in [0, 0.1) is 29.1 Å². The molecule has 0 unspecified atom stereocenters. The molecule has 0 amide bonds. The first-order chi connectivity index (χ1) is 14.4. The molecular weight excluding hydrogens is 395 g/mol. The maximum atomic E-state index is 14.4. The van der Waals surface area contributed by atoms with E-state index in [-0.39, 0.29) is 5.56 Å². The zero-order valence-corrected chi connectivity index (χ0v) is 16.8. The third-order valence-electron chi connectivity index (χ3n) is 5.17. The molecular formula is C25H23F5. The van der Waals surface area contributed by atoms with Crippen molar-refractivity contribution in [2.45, 2.75) is 45.4 Å². The lowest BCUT2D eigenvalue weighted by molar-refractivity contribution is 0.445. The van der Waals surface area contributed by atoms with Gasteiger partial charge < -0.3 is 0 Å². The summed E-state index contributed by atoms with van der Waals surface area (Å²) in [7, 11) is 0. The van der Waals surface area contributed by atoms with Gasteiger partial charge in [0.15, 0.2) is 29.1 Å². The van der Waals surface area contributed by atoms with Crippen LogP contribution < -0.4 is 0 Å². The quantitative estimate of drug-likeness (QED) is 0.201. The zero-order valence-electron chi connectivity index (χ0n) is 16.8. The van der Waals surface area contributed by atoms with E-state index in [1.54, 1.807) is 24.3 Å². The van der Waals surface area contributed by atoms with Crippen LogP contribution in [-0.4, -0.2) is 0 Å². The van der Waals surface area contributed by atoms with Gasteiger partial charge in [-0.15, -0.1) is 0 Å². The number of aryl methyl sites for hydroxylation is 3. The van der Waals surface area contributed by atoms with Crippen LogP contribution in [0.4, 0.5) is 22.0 Å². The van der Waals surface area contributed by atoms with E-state index in [0.717, 1.165) is 37.0 Å². The topological polar surface area (TPSA) is 0 Å². The summed E-state index contributed by atoms with van der Waals surface area (Å²) >= 11 is 0. The number of unbranched alkanes of at least 4 members (excludes halogenated alkanes) is 1. The van der Waals surface area contributed by atoms with Gasteiger partial charge in [0.25, 0.3) is 0 Å². The zero-order chi connectivity index (χ0) is 21.7. The van der Waals surface area contributed by atoms with E-state index in [1.807, 2.05) is 19.1 Å². The van der Waals surface area contributed by atoms with E-state index < -0.39 is 29.1 Å². The number of hydrogen-bond acceptors (Lipinski definition) is 0. The monoisotopic (exact) mass is 418 g/mol. The first-order valence-corrected chi connectivity index (χ1v) is 10.1. The normalized spacial score (nSPS) is 11.1. The Bertz CT molecular complexity index is 986. The van der Waals surface area contributed by atoms with Crippen LogP contribution in [-0.2, 0) is 19.3 Å². The number of halogens is 5. The van der Waals surface area contributed by atoms with Crippen molar-refractivity contribution >= 4 is 0 Å². The van der Waals surface area contributed by atoms with Crippen molar-refractivity contribution in [2.75, 3.05) is 0 Å². The smallest absolute Gasteiger partial charge is 0.194 e. The van der Waals surface area contributed by atoms with Gasteiger partial charge >= 0.3 is 0 Å². The molecule has 0 aliphatic heterocycles. The highest BCUT2D eigenvalue weighted by molar-refractivity contribution is 5.65. The van der Waals surface area contributed by atoms with Crippen LogP contribution in [0.1, 0.15) is 42.9 Å². The van der Waals surface area contributed by atoms with Gasteiger partial charge in [-0.1, -0.05) is 49.7 Å². The van der Waals surface area contributed by atoms with Gasteiger partial charge in [-0.25, -0.2) is 22.0 Å². The number of hydrogen-bond donors (Lipinski definition) is 0. The molecule has 0 spiro atoms. The summed E-state index contributed by atoms with van der Waals surface area (Å²) in [6.45, 7) is 1.92. The lowest BCUT2D eigenvalue weighted by atomic mass is 9.98. The minimum atomic E-state index is -1.45. The fourth-order valence-electron chi connectivity index (χ4n) is 3.54. The molecule has 0 heterocycles. The number of rotatable bonds is 8. The van der Waals surface area contributed by atoms with Crippen LogP contribution in [0.3, 0.4) is 0 Å². The third kappa shape index (κ3) is 5.07. The first-order valence-electron chi connectivity index (χ1n) is 10.1. The summed E-state index contributed by atoms with van der Waals surface area (Å²) in [5, 5.41) is 0. The van der Waals surface area contributed by atoms with E-state index >= 15 is 0 Å². The Labute approximate surface area is 173 Å². The van der Waals surface area contributed by atoms with E-state index in [2.05, 4.69) is 0 Å². The van der Waals surface area contributed by atoms with E-state index in [1.165, 1.54) is 0 Å². The molecule has 3 aromatic carbocycles. The van der Waals surface area contributed by atoms with Gasteiger partial charge in [0.1, 0.15) is 0 Å². The molecule has 0 radical (unpaired) electrons. The van der Waals surface area contributed by atoms with Gasteiger partial charge in [0.05, 0.1) is 0 Å². The Hall–Kier alpha value is -2.69. The molecule has 158 valence electrons. The Balaban J connectivity index is 1.58. The Kier molecular flexibility index (Phi) is 7.24. The second kappa shape index (κ2) is 9.88. The molecule has 0 aromatic heterocycles. The lowest BCUT2D eigenvalue weighted by Crippen LogP contribution is -1.97. The first kappa shape index (κ1) is 22.0. The molecule has 0 nitrogen and oxygen atoms in total. The Morgan fingerprint density at radius 1 is 0.600 bits per heavy atom. The standard InChI is InChI=1S/C25H23F5/c1-2-5-19-12-13-20(24(29)23(19)28)18-10-8-16(9-11-18)6-3-4-7-17-14-21(26)25(30)22(27)15-17/h8-15H,2-7H2,1H3. The van der Waals surface area contributed by atoms with Gasteiger partial charge in [0, 0.05) is 5.56 Å². The molecule has 0 aliphatic carbocycles. The molecule has 0 bridgehead atoms. The Morgan fingerprint density at radius 3 is 1.80 bits per heavy atom. The SMILES string of the molecule is CCCc1ccc(-c2ccc(CCCCc3cc(F)c(F)c(F)c3)cc2)c(F)c1F. The summed E-state index contributed by atoms with van der Waals surface area (Å²) in [6, 6.07) is 12.5. The lowest BCUT2D eigenvalue weighted by Gasteiger charge is -2.09. The Morgan fingerprint density at radius 2 is 1.20 bits per heavy atom. The minimum Gasteiger partial charge on any atom is -0.204 e. The fourth-order valence-corrected chi connectivity index (χ4v) is 3.54. The fraction of sp³-hybridized carbons (Fsp3) is 0.280. The minimum absolute atomic E-state index is 0.235. The summed E-state index contributed by atoms with van der Waals surface area (Å²) in [5.74, 6) is -5.41. The predicted molar refractivity (Wildman–Crippen MR) is 109 cm³/mol. The van der Waals surface area contributed by atoms with Crippen molar-refractivity contribution in [1.82, 2.24) is 0 Å². The van der Waals surface area contributed by atoms with E-state index in [4.69, 9.17) is 0 Å². The summed E-state index contributed by atoms with van der Waals surface area (Å²) in [5.41, 5.74) is 2.68. The molecule has 0 N–H and O–H groups in total. The van der Waals surface area contributed by atoms with Gasteiger partial charge in [0.2, 0.25) is 0 Å². The molecule has 5 heteroatoms. The summed E-state index contributed by atoms with van der Waals surface area (Å²) < 4.78 is 68.1. The van der Waals surface area contributed by atoms with Crippen molar-refractivity contribution in [3.8, 4) is 11.1 Å². The van der Waals surface area contributed by atoms with Crippen molar-refractivity contribution in [3.05, 3.63) is 94.3 Å². The van der Waals surface area contributed by atoms with Crippen LogP contribution in [0.15, 0.2) is 48.5 Å². The largest absolute Gasteiger partial charge is 0.204 e. The maximum absolute atomic E-state index is 14.4. The second-order valence-corrected chi connectivity index (χ2v) is 7.43. The van der Waals surface area contributed by atoms with Crippen molar-refractivity contribution in [1.29, 1.82) is 0 Å². The van der Waals surface area contributed by atoms with Crippen LogP contribution >= 0.6 is 0 Å². The van der Waals surface area contributed by atoms with Gasteiger partial charge in [-0.3, -0.25) is 0 Å². The van der Waals surface area contributed by atoms with Crippen LogP contribution in [0.2, 0.25) is 0 Å². The van der Waals surface area contributed by atoms with E-state index in [0.29, 0.717) is 36.0 Å². The molecule has 3 aromatic rings. The van der Waals surface area contributed by atoms with E-state index in [9.17, 15) is 22.0 Å². The summed E-state index contributed by atoms with van der Waals surface area (Å²) in [6.07, 6.45) is 3.88. The average Bonchev–Trinajstić information content (AvgIpc) is 2.73. The third-order valence-corrected chi connectivity index (χ3v) is 5.17. The van der Waals surface area contributed by atoms with Crippen molar-refractivity contribution in [2.24, 2.45) is 0 Å². The molecule has 3 rings (SSSR count).